The molecule has 0 aromatic heterocycles. The minimum absolute atomic E-state index is 0.0460. The third-order valence-electron chi connectivity index (χ3n) is 5.15. The zero-order valence-corrected chi connectivity index (χ0v) is 16.0. The number of epoxide rings is 3. The number of carbonyl (C=O) groups is 1. The van der Waals surface area contributed by atoms with Gasteiger partial charge in [0.1, 0.15) is 29.2 Å². The molecule has 0 saturated carbocycles. The van der Waals surface area contributed by atoms with Gasteiger partial charge in [0.25, 0.3) is 5.91 Å². The van der Waals surface area contributed by atoms with E-state index < -0.39 is 0 Å². The summed E-state index contributed by atoms with van der Waals surface area (Å²) in [7, 11) is 0. The Bertz CT molecular complexity index is 699. The van der Waals surface area contributed by atoms with E-state index in [4.69, 9.17) is 18.9 Å². The van der Waals surface area contributed by atoms with Crippen molar-refractivity contribution in [1.29, 1.82) is 0 Å². The Hall–Kier alpha value is -1.63. The van der Waals surface area contributed by atoms with Gasteiger partial charge in [-0.3, -0.25) is 4.79 Å². The predicted molar refractivity (Wildman–Crippen MR) is 95.6 cm³/mol. The fraction of sp³-hybridized carbons (Fsp3) is 0.650. The molecule has 1 amide bonds. The maximum atomic E-state index is 13.3. The molecular weight excluding hydrogens is 334 g/mol. The number of rotatable bonds is 8. The van der Waals surface area contributed by atoms with E-state index in [1.807, 2.05) is 50.8 Å². The summed E-state index contributed by atoms with van der Waals surface area (Å²) < 4.78 is 22.4. The van der Waals surface area contributed by atoms with Gasteiger partial charge in [-0.05, 0) is 45.4 Å². The molecule has 0 bridgehead atoms. The highest BCUT2D eigenvalue weighted by atomic mass is 16.6. The molecule has 1 aromatic rings. The monoisotopic (exact) mass is 361 g/mol. The zero-order valence-electron chi connectivity index (χ0n) is 16.0. The summed E-state index contributed by atoms with van der Waals surface area (Å²) >= 11 is 0. The van der Waals surface area contributed by atoms with Gasteiger partial charge in [-0.1, -0.05) is 6.07 Å². The molecule has 142 valence electrons. The van der Waals surface area contributed by atoms with Crippen LogP contribution in [0.25, 0.3) is 0 Å². The Balaban J connectivity index is 1.55. The molecule has 3 fully saturated rings. The van der Waals surface area contributed by atoms with Crippen molar-refractivity contribution in [3.05, 3.63) is 29.3 Å². The lowest BCUT2D eigenvalue weighted by molar-refractivity contribution is 0.0658. The maximum absolute atomic E-state index is 13.3. The Morgan fingerprint density at radius 2 is 1.58 bits per heavy atom. The second-order valence-electron chi connectivity index (χ2n) is 8.67. The molecule has 0 spiro atoms. The molecule has 0 N–H and O–H groups in total. The molecule has 1 aromatic carbocycles. The second-order valence-corrected chi connectivity index (χ2v) is 8.67. The van der Waals surface area contributed by atoms with E-state index in [9.17, 15) is 4.79 Å². The smallest absolute Gasteiger partial charge is 0.257 e. The second kappa shape index (κ2) is 5.94. The number of amides is 1. The normalized spacial score (nSPS) is 34.3. The maximum Gasteiger partial charge on any atom is 0.257 e. The highest BCUT2D eigenvalue weighted by molar-refractivity contribution is 5.97. The predicted octanol–water partition coefficient (Wildman–Crippen LogP) is 2.18. The van der Waals surface area contributed by atoms with E-state index >= 15 is 0 Å². The fourth-order valence-electron chi connectivity index (χ4n) is 2.97. The molecule has 26 heavy (non-hydrogen) atoms. The third kappa shape index (κ3) is 4.03. The van der Waals surface area contributed by atoms with E-state index in [0.29, 0.717) is 50.8 Å². The van der Waals surface area contributed by atoms with Crippen molar-refractivity contribution >= 4 is 5.91 Å². The molecule has 4 rings (SSSR count). The first-order valence-electron chi connectivity index (χ1n) is 9.14. The van der Waals surface area contributed by atoms with E-state index in [2.05, 4.69) is 0 Å². The molecule has 3 atom stereocenters. The Labute approximate surface area is 154 Å². The Kier molecular flexibility index (Phi) is 4.06. The van der Waals surface area contributed by atoms with Gasteiger partial charge in [0.15, 0.2) is 0 Å². The van der Waals surface area contributed by atoms with Crippen molar-refractivity contribution < 1.29 is 23.7 Å². The minimum Gasteiger partial charge on any atom is -0.490 e. The quantitative estimate of drug-likeness (QED) is 0.664. The van der Waals surface area contributed by atoms with E-state index in [1.165, 1.54) is 0 Å². The number of nitrogens with zero attached hydrogens (tertiary/aromatic N) is 1. The standard InChI is InChI=1S/C20H27NO5/c1-14-5-6-15(16(7-14)23-10-20(4)13-26-20)17(22)21(8-18(2)11-24-18)9-19(3)12-25-19/h5-7H,8-13H2,1-4H3. The van der Waals surface area contributed by atoms with E-state index in [0.717, 1.165) is 5.56 Å². The number of benzene rings is 1. The van der Waals surface area contributed by atoms with Crippen LogP contribution in [0, 0.1) is 6.92 Å². The van der Waals surface area contributed by atoms with E-state index in [-0.39, 0.29) is 22.7 Å². The van der Waals surface area contributed by atoms with Crippen LogP contribution in [0.15, 0.2) is 18.2 Å². The van der Waals surface area contributed by atoms with Crippen LogP contribution in [0.3, 0.4) is 0 Å². The molecule has 3 saturated heterocycles. The first-order valence-corrected chi connectivity index (χ1v) is 9.14. The van der Waals surface area contributed by atoms with Crippen LogP contribution in [0.1, 0.15) is 36.7 Å². The first kappa shape index (κ1) is 17.8. The lowest BCUT2D eigenvalue weighted by Gasteiger charge is -2.27. The third-order valence-corrected chi connectivity index (χ3v) is 5.15. The lowest BCUT2D eigenvalue weighted by Crippen LogP contribution is -2.43. The first-order chi connectivity index (χ1) is 12.2. The summed E-state index contributed by atoms with van der Waals surface area (Å²) in [4.78, 5) is 15.2. The van der Waals surface area contributed by atoms with Crippen molar-refractivity contribution in [3.8, 4) is 5.75 Å². The highest BCUT2D eigenvalue weighted by Crippen LogP contribution is 2.34. The fourth-order valence-corrected chi connectivity index (χ4v) is 2.97. The molecule has 6 heteroatoms. The van der Waals surface area contributed by atoms with Crippen LogP contribution in [-0.4, -0.2) is 67.1 Å². The van der Waals surface area contributed by atoms with Crippen LogP contribution in [-0.2, 0) is 14.2 Å². The summed E-state index contributed by atoms with van der Waals surface area (Å²) in [5.41, 5.74) is 0.909. The summed E-state index contributed by atoms with van der Waals surface area (Å²) in [6.07, 6.45) is 0. The number of hydrogen-bond donors (Lipinski definition) is 0. The van der Waals surface area contributed by atoms with Gasteiger partial charge in [0.05, 0.1) is 38.5 Å². The number of hydrogen-bond acceptors (Lipinski definition) is 5. The summed E-state index contributed by atoms with van der Waals surface area (Å²) in [5.74, 6) is 0.566. The molecule has 3 unspecified atom stereocenters. The van der Waals surface area contributed by atoms with Gasteiger partial charge in [-0.15, -0.1) is 0 Å². The van der Waals surface area contributed by atoms with Gasteiger partial charge in [0.2, 0.25) is 0 Å². The van der Waals surface area contributed by atoms with Gasteiger partial charge >= 0.3 is 0 Å². The average molecular weight is 361 g/mol. The van der Waals surface area contributed by atoms with Gasteiger partial charge in [-0.25, -0.2) is 0 Å². The van der Waals surface area contributed by atoms with Gasteiger partial charge in [0, 0.05) is 0 Å². The minimum atomic E-state index is -0.248. The SMILES string of the molecule is Cc1ccc(C(=O)N(CC2(C)CO2)CC2(C)CO2)c(OCC2(C)CO2)c1. The van der Waals surface area contributed by atoms with Crippen molar-refractivity contribution in [2.75, 3.05) is 39.5 Å². The van der Waals surface area contributed by atoms with Crippen molar-refractivity contribution in [1.82, 2.24) is 4.90 Å². The molecule has 3 aliphatic heterocycles. The summed E-state index contributed by atoms with van der Waals surface area (Å²) in [5, 5.41) is 0. The zero-order chi connectivity index (χ0) is 18.6. The molecular formula is C20H27NO5. The molecule has 6 nitrogen and oxygen atoms in total. The van der Waals surface area contributed by atoms with Crippen molar-refractivity contribution in [3.63, 3.8) is 0 Å². The van der Waals surface area contributed by atoms with Crippen molar-refractivity contribution in [2.45, 2.75) is 44.5 Å². The van der Waals surface area contributed by atoms with Crippen LogP contribution in [0.2, 0.25) is 0 Å². The Morgan fingerprint density at radius 3 is 2.08 bits per heavy atom. The highest BCUT2D eigenvalue weighted by Gasteiger charge is 2.47. The van der Waals surface area contributed by atoms with Crippen LogP contribution in [0.5, 0.6) is 5.75 Å². The number of ether oxygens (including phenoxy) is 4. The summed E-state index contributed by atoms with van der Waals surface area (Å²) in [6, 6.07) is 5.71. The lowest BCUT2D eigenvalue weighted by atomic mass is 10.1. The number of carbonyl (C=O) groups excluding carboxylic acids is 1. The molecule has 0 aliphatic carbocycles. The van der Waals surface area contributed by atoms with Crippen LogP contribution < -0.4 is 4.74 Å². The Morgan fingerprint density at radius 1 is 1.04 bits per heavy atom. The summed E-state index contributed by atoms with van der Waals surface area (Å²) in [6.45, 7) is 11.7. The topological polar surface area (TPSA) is 67.1 Å². The van der Waals surface area contributed by atoms with Crippen LogP contribution >= 0.6 is 0 Å². The molecule has 0 radical (unpaired) electrons. The van der Waals surface area contributed by atoms with Gasteiger partial charge in [-0.2, -0.15) is 0 Å². The van der Waals surface area contributed by atoms with Gasteiger partial charge < -0.3 is 23.8 Å². The number of aryl methyl sites for hydroxylation is 1. The van der Waals surface area contributed by atoms with Crippen LogP contribution in [0.4, 0.5) is 0 Å². The largest absolute Gasteiger partial charge is 0.490 e. The van der Waals surface area contributed by atoms with E-state index in [1.54, 1.807) is 0 Å². The van der Waals surface area contributed by atoms with Crippen molar-refractivity contribution in [2.24, 2.45) is 0 Å². The average Bonchev–Trinajstić information content (AvgIpc) is 3.51. The molecule has 3 heterocycles. The molecule has 3 aliphatic rings.